The molecule has 3 aromatic rings. The lowest BCUT2D eigenvalue weighted by Gasteiger charge is -2.13. The van der Waals surface area contributed by atoms with E-state index in [1.165, 1.54) is 12.3 Å². The van der Waals surface area contributed by atoms with Gasteiger partial charge in [0.15, 0.2) is 11.6 Å². The number of nitrogens with zero attached hydrogens (tertiary/aromatic N) is 1. The van der Waals surface area contributed by atoms with Crippen molar-refractivity contribution in [1.29, 1.82) is 0 Å². The number of carbonyl (C=O) groups is 2. The number of H-pyrrole nitrogens is 1. The van der Waals surface area contributed by atoms with Crippen LogP contribution in [0.15, 0.2) is 30.6 Å². The average Bonchev–Trinajstić information content (AvgIpc) is 3.39. The highest BCUT2D eigenvalue weighted by Crippen LogP contribution is 2.31. The standard InChI is InChI=1S/C20H18F2N4O4S/c21-14-5-6-15(26-31(29)30)17(22)16(14)20(28)25-11-7-12-13(9-24-19(12)23-8-11)18(27)10-3-1-2-4-10/h5-10,26H,1-4H2,(H,23,24)(H,25,28)(H,29,30)/p-1. The van der Waals surface area contributed by atoms with Crippen LogP contribution in [0.3, 0.4) is 0 Å². The van der Waals surface area contributed by atoms with Gasteiger partial charge in [-0.05, 0) is 31.0 Å². The largest absolute Gasteiger partial charge is 0.755 e. The first-order chi connectivity index (χ1) is 14.8. The molecule has 0 aliphatic heterocycles. The Balaban J connectivity index is 1.63. The molecule has 1 saturated carbocycles. The third-order valence-corrected chi connectivity index (χ3v) is 5.68. The van der Waals surface area contributed by atoms with E-state index in [2.05, 4.69) is 15.3 Å². The minimum Gasteiger partial charge on any atom is -0.755 e. The van der Waals surface area contributed by atoms with Gasteiger partial charge in [0.1, 0.15) is 17.0 Å². The van der Waals surface area contributed by atoms with Gasteiger partial charge in [-0.15, -0.1) is 0 Å². The van der Waals surface area contributed by atoms with Gasteiger partial charge in [0, 0.05) is 34.3 Å². The van der Waals surface area contributed by atoms with Crippen LogP contribution in [0.2, 0.25) is 0 Å². The number of aromatic nitrogens is 2. The minimum atomic E-state index is -2.85. The third kappa shape index (κ3) is 4.19. The molecular formula is C20H17F2N4O4S-. The van der Waals surface area contributed by atoms with Crippen molar-refractivity contribution in [3.05, 3.63) is 53.4 Å². The first kappa shape index (κ1) is 21.1. The zero-order valence-electron chi connectivity index (χ0n) is 16.0. The van der Waals surface area contributed by atoms with Crippen molar-refractivity contribution in [2.45, 2.75) is 25.7 Å². The molecule has 1 unspecified atom stereocenters. The van der Waals surface area contributed by atoms with Gasteiger partial charge in [-0.3, -0.25) is 13.8 Å². The van der Waals surface area contributed by atoms with Gasteiger partial charge in [-0.25, -0.2) is 13.8 Å². The number of Topliss-reactive ketones (excluding diaryl/α,β-unsaturated/α-hetero) is 1. The van der Waals surface area contributed by atoms with Crippen LogP contribution in [0.5, 0.6) is 0 Å². The lowest BCUT2D eigenvalue weighted by atomic mass is 9.96. The van der Waals surface area contributed by atoms with Gasteiger partial charge in [0.05, 0.1) is 17.6 Å². The maximum Gasteiger partial charge on any atom is 0.261 e. The Labute approximate surface area is 177 Å². The zero-order valence-corrected chi connectivity index (χ0v) is 16.9. The summed E-state index contributed by atoms with van der Waals surface area (Å²) in [5.41, 5.74) is -0.495. The Morgan fingerprint density at radius 1 is 1.23 bits per heavy atom. The van der Waals surface area contributed by atoms with Crippen molar-refractivity contribution in [3.8, 4) is 0 Å². The molecule has 0 saturated heterocycles. The molecule has 1 aliphatic carbocycles. The normalized spacial score (nSPS) is 15.2. The van der Waals surface area contributed by atoms with Crippen LogP contribution in [0.25, 0.3) is 11.0 Å². The number of benzene rings is 1. The van der Waals surface area contributed by atoms with Crippen molar-refractivity contribution in [2.75, 3.05) is 10.0 Å². The van der Waals surface area contributed by atoms with Gasteiger partial charge in [0.2, 0.25) is 0 Å². The fourth-order valence-corrected chi connectivity index (χ4v) is 4.14. The van der Waals surface area contributed by atoms with Crippen LogP contribution >= 0.6 is 0 Å². The zero-order chi connectivity index (χ0) is 22.1. The lowest BCUT2D eigenvalue weighted by molar-refractivity contribution is 0.0924. The van der Waals surface area contributed by atoms with E-state index >= 15 is 0 Å². The maximum atomic E-state index is 14.5. The SMILES string of the molecule is O=C(Nc1cnc2[nH]cc(C(=O)C3CCCC3)c2c1)c1c(F)ccc(NS(=O)[O-])c1F. The summed E-state index contributed by atoms with van der Waals surface area (Å²) < 4.78 is 51.9. The summed E-state index contributed by atoms with van der Waals surface area (Å²) in [5.74, 6) is -3.70. The number of nitrogens with one attached hydrogen (secondary N) is 3. The molecule has 0 bridgehead atoms. The molecule has 11 heteroatoms. The van der Waals surface area contributed by atoms with Crippen molar-refractivity contribution < 1.29 is 27.1 Å². The second kappa shape index (κ2) is 8.52. The fraction of sp³-hybridized carbons (Fsp3) is 0.250. The molecule has 1 aliphatic rings. The molecule has 2 heterocycles. The Morgan fingerprint density at radius 3 is 2.68 bits per heavy atom. The monoisotopic (exact) mass is 447 g/mol. The van der Waals surface area contributed by atoms with Gasteiger partial charge < -0.3 is 19.6 Å². The lowest BCUT2D eigenvalue weighted by Crippen LogP contribution is -2.18. The molecule has 1 atom stereocenters. The molecule has 0 spiro atoms. The highest BCUT2D eigenvalue weighted by Gasteiger charge is 2.26. The summed E-state index contributed by atoms with van der Waals surface area (Å²) in [7, 11) is 0. The predicted octanol–water partition coefficient (Wildman–Crippen LogP) is 3.67. The number of amides is 1. The van der Waals surface area contributed by atoms with E-state index in [1.54, 1.807) is 10.9 Å². The Kier molecular flexibility index (Phi) is 5.79. The van der Waals surface area contributed by atoms with Crippen LogP contribution in [0.4, 0.5) is 20.2 Å². The summed E-state index contributed by atoms with van der Waals surface area (Å²) in [4.78, 5) is 32.4. The summed E-state index contributed by atoms with van der Waals surface area (Å²) in [6.45, 7) is 0. The third-order valence-electron chi connectivity index (χ3n) is 5.29. The molecule has 1 fully saturated rings. The number of carbonyl (C=O) groups excluding carboxylic acids is 2. The van der Waals surface area contributed by atoms with Crippen LogP contribution in [-0.2, 0) is 11.3 Å². The molecular weight excluding hydrogens is 430 g/mol. The molecule has 31 heavy (non-hydrogen) atoms. The number of aromatic amines is 1. The van der Waals surface area contributed by atoms with Gasteiger partial charge in [-0.1, -0.05) is 12.8 Å². The van der Waals surface area contributed by atoms with Gasteiger partial charge in [-0.2, -0.15) is 0 Å². The van der Waals surface area contributed by atoms with Gasteiger partial charge >= 0.3 is 0 Å². The van der Waals surface area contributed by atoms with Crippen molar-refractivity contribution >= 4 is 45.4 Å². The van der Waals surface area contributed by atoms with E-state index in [9.17, 15) is 27.1 Å². The molecule has 162 valence electrons. The Hall–Kier alpha value is -3.18. The Morgan fingerprint density at radius 2 is 1.97 bits per heavy atom. The van der Waals surface area contributed by atoms with Crippen molar-refractivity contribution in [2.24, 2.45) is 5.92 Å². The quantitative estimate of drug-likeness (QED) is 0.392. The topological polar surface area (TPSA) is 127 Å². The maximum absolute atomic E-state index is 14.5. The highest BCUT2D eigenvalue weighted by atomic mass is 32.2. The van der Waals surface area contributed by atoms with Crippen molar-refractivity contribution in [1.82, 2.24) is 9.97 Å². The number of halogens is 2. The number of anilines is 2. The van der Waals surface area contributed by atoms with E-state index in [4.69, 9.17) is 0 Å². The number of rotatable bonds is 6. The number of hydrogen-bond donors (Lipinski definition) is 3. The molecule has 0 radical (unpaired) electrons. The summed E-state index contributed by atoms with van der Waals surface area (Å²) in [6.07, 6.45) is 6.51. The fourth-order valence-electron chi connectivity index (χ4n) is 3.81. The minimum absolute atomic E-state index is 0.00416. The summed E-state index contributed by atoms with van der Waals surface area (Å²) in [6, 6.07) is 3.15. The molecule has 1 amide bonds. The molecule has 3 N–H and O–H groups in total. The number of pyridine rings is 1. The summed E-state index contributed by atoms with van der Waals surface area (Å²) in [5, 5.41) is 2.84. The molecule has 4 rings (SSSR count). The smallest absolute Gasteiger partial charge is 0.261 e. The van der Waals surface area contributed by atoms with Crippen LogP contribution < -0.4 is 10.0 Å². The number of fused-ring (bicyclic) bond motifs is 1. The summed E-state index contributed by atoms with van der Waals surface area (Å²) >= 11 is -2.85. The second-order valence-electron chi connectivity index (χ2n) is 7.24. The van der Waals surface area contributed by atoms with Crippen LogP contribution in [0, 0.1) is 17.6 Å². The molecule has 8 nitrogen and oxygen atoms in total. The van der Waals surface area contributed by atoms with Gasteiger partial charge in [0.25, 0.3) is 5.91 Å². The molecule has 1 aromatic carbocycles. The van der Waals surface area contributed by atoms with Crippen LogP contribution in [-0.4, -0.2) is 30.4 Å². The van der Waals surface area contributed by atoms with E-state index < -0.39 is 40.1 Å². The second-order valence-corrected chi connectivity index (χ2v) is 7.92. The molecule has 2 aromatic heterocycles. The predicted molar refractivity (Wildman–Crippen MR) is 109 cm³/mol. The average molecular weight is 447 g/mol. The first-order valence-electron chi connectivity index (χ1n) is 9.51. The van der Waals surface area contributed by atoms with E-state index in [0.717, 1.165) is 37.8 Å². The number of ketones is 1. The van der Waals surface area contributed by atoms with Crippen LogP contribution in [0.1, 0.15) is 46.4 Å². The van der Waals surface area contributed by atoms with E-state index in [0.29, 0.717) is 16.6 Å². The number of hydrogen-bond acceptors (Lipinski definition) is 5. The first-order valence-corrected chi connectivity index (χ1v) is 10.6. The van der Waals surface area contributed by atoms with E-state index in [-0.39, 0.29) is 17.4 Å². The highest BCUT2D eigenvalue weighted by molar-refractivity contribution is 7.80. The van der Waals surface area contributed by atoms with E-state index in [1.807, 2.05) is 0 Å². The van der Waals surface area contributed by atoms with Crippen molar-refractivity contribution in [3.63, 3.8) is 0 Å². The Bertz CT molecular complexity index is 1210.